The predicted octanol–water partition coefficient (Wildman–Crippen LogP) is 2.19. The van der Waals surface area contributed by atoms with Crippen LogP contribution in [-0.2, 0) is 20.7 Å². The molecule has 2 atom stereocenters. The van der Waals surface area contributed by atoms with Gasteiger partial charge in [-0.25, -0.2) is 0 Å². The van der Waals surface area contributed by atoms with Crippen molar-refractivity contribution in [2.24, 2.45) is 0 Å². The Kier molecular flexibility index (Phi) is 4.85. The number of H-pyrrole nitrogens is 1. The molecule has 1 amide bonds. The lowest BCUT2D eigenvalue weighted by molar-refractivity contribution is -0.139. The van der Waals surface area contributed by atoms with Gasteiger partial charge in [-0.2, -0.15) is 0 Å². The van der Waals surface area contributed by atoms with Crippen LogP contribution in [0.25, 0.3) is 10.9 Å². The zero-order valence-corrected chi connectivity index (χ0v) is 13.7. The largest absolute Gasteiger partial charge is 0.481 e. The number of hydrogen-bond donors (Lipinski definition) is 2. The van der Waals surface area contributed by atoms with Crippen molar-refractivity contribution < 1.29 is 19.4 Å². The Bertz CT molecular complexity index is 739. The van der Waals surface area contributed by atoms with Crippen LogP contribution in [0.3, 0.4) is 0 Å². The number of ether oxygens (including phenoxy) is 1. The molecule has 1 saturated heterocycles. The van der Waals surface area contributed by atoms with Gasteiger partial charge in [0.1, 0.15) is 0 Å². The van der Waals surface area contributed by atoms with E-state index in [1.807, 2.05) is 24.4 Å². The molecule has 0 radical (unpaired) electrons. The average molecular weight is 330 g/mol. The molecule has 6 nitrogen and oxygen atoms in total. The van der Waals surface area contributed by atoms with Crippen molar-refractivity contribution in [3.63, 3.8) is 0 Å². The molecular formula is C18H22N2O4. The molecule has 3 rings (SSSR count). The molecule has 0 aliphatic carbocycles. The van der Waals surface area contributed by atoms with Crippen LogP contribution in [0.15, 0.2) is 30.5 Å². The first-order valence-corrected chi connectivity index (χ1v) is 8.17. The number of hydrogen-bond acceptors (Lipinski definition) is 3. The number of nitrogens with one attached hydrogen (secondary N) is 1. The van der Waals surface area contributed by atoms with E-state index in [1.165, 1.54) is 0 Å². The Labute approximate surface area is 140 Å². The number of aliphatic carboxylic acids is 1. The number of methoxy groups -OCH3 is 1. The highest BCUT2D eigenvalue weighted by atomic mass is 16.5. The fourth-order valence-electron chi connectivity index (χ4n) is 3.40. The number of carbonyl (C=O) groups excluding carboxylic acids is 1. The van der Waals surface area contributed by atoms with Crippen molar-refractivity contribution in [3.8, 4) is 0 Å². The van der Waals surface area contributed by atoms with E-state index < -0.39 is 5.97 Å². The van der Waals surface area contributed by atoms with Gasteiger partial charge in [0.2, 0.25) is 5.91 Å². The molecule has 6 heteroatoms. The Morgan fingerprint density at radius 3 is 2.96 bits per heavy atom. The van der Waals surface area contributed by atoms with Crippen LogP contribution < -0.4 is 0 Å². The number of aromatic amines is 1. The van der Waals surface area contributed by atoms with Gasteiger partial charge in [-0.3, -0.25) is 9.59 Å². The van der Waals surface area contributed by atoms with E-state index in [9.17, 15) is 9.59 Å². The van der Waals surface area contributed by atoms with Crippen LogP contribution >= 0.6 is 0 Å². The minimum atomic E-state index is -0.882. The highest BCUT2D eigenvalue weighted by Crippen LogP contribution is 2.24. The standard InChI is InChI=1S/C18H22N2O4/c1-24-15-9-14(10-18(22)23)20(11-15)17(21)5-3-12-2-4-16-13(8-12)6-7-19-16/h2,4,6-8,14-15,19H,3,5,9-11H2,1H3,(H,22,23). The summed E-state index contributed by atoms with van der Waals surface area (Å²) >= 11 is 0. The lowest BCUT2D eigenvalue weighted by atomic mass is 10.1. The number of fused-ring (bicyclic) bond motifs is 1. The maximum Gasteiger partial charge on any atom is 0.305 e. The Morgan fingerprint density at radius 2 is 2.21 bits per heavy atom. The van der Waals surface area contributed by atoms with E-state index in [0.29, 0.717) is 25.8 Å². The Hall–Kier alpha value is -2.34. The van der Waals surface area contributed by atoms with E-state index in [-0.39, 0.29) is 24.5 Å². The Morgan fingerprint density at radius 1 is 1.38 bits per heavy atom. The molecule has 0 spiro atoms. The smallest absolute Gasteiger partial charge is 0.305 e. The van der Waals surface area contributed by atoms with Gasteiger partial charge in [0.15, 0.2) is 0 Å². The highest BCUT2D eigenvalue weighted by molar-refractivity contribution is 5.81. The fourth-order valence-corrected chi connectivity index (χ4v) is 3.40. The van der Waals surface area contributed by atoms with Crippen molar-refractivity contribution in [1.29, 1.82) is 0 Å². The normalized spacial score (nSPS) is 20.6. The lowest BCUT2D eigenvalue weighted by Gasteiger charge is -2.23. The summed E-state index contributed by atoms with van der Waals surface area (Å²) in [6.45, 7) is 0.476. The summed E-state index contributed by atoms with van der Waals surface area (Å²) in [5.41, 5.74) is 2.18. The van der Waals surface area contributed by atoms with E-state index in [2.05, 4.69) is 11.1 Å². The number of aryl methyl sites for hydroxylation is 1. The summed E-state index contributed by atoms with van der Waals surface area (Å²) in [5, 5.41) is 10.2. The molecule has 0 saturated carbocycles. The van der Waals surface area contributed by atoms with Gasteiger partial charge >= 0.3 is 5.97 Å². The molecule has 2 heterocycles. The van der Waals surface area contributed by atoms with Gasteiger partial charge in [-0.1, -0.05) is 6.07 Å². The quantitative estimate of drug-likeness (QED) is 0.850. The average Bonchev–Trinajstić information content (AvgIpc) is 3.18. The second-order valence-electron chi connectivity index (χ2n) is 6.29. The van der Waals surface area contributed by atoms with Crippen LogP contribution in [0.5, 0.6) is 0 Å². The third kappa shape index (κ3) is 3.59. The first-order chi connectivity index (χ1) is 11.6. The molecule has 2 N–H and O–H groups in total. The second kappa shape index (κ2) is 7.05. The Balaban J connectivity index is 1.63. The summed E-state index contributed by atoms with van der Waals surface area (Å²) in [7, 11) is 1.60. The summed E-state index contributed by atoms with van der Waals surface area (Å²) < 4.78 is 5.32. The summed E-state index contributed by atoms with van der Waals surface area (Å²) in [5.74, 6) is -0.887. The monoisotopic (exact) mass is 330 g/mol. The third-order valence-corrected chi connectivity index (χ3v) is 4.69. The fraction of sp³-hybridized carbons (Fsp3) is 0.444. The van der Waals surface area contributed by atoms with Gasteiger partial charge in [0.25, 0.3) is 0 Å². The molecule has 2 unspecified atom stereocenters. The number of nitrogens with zero attached hydrogens (tertiary/aromatic N) is 1. The molecular weight excluding hydrogens is 308 g/mol. The molecule has 1 aromatic heterocycles. The van der Waals surface area contributed by atoms with Gasteiger partial charge in [0.05, 0.1) is 12.5 Å². The van der Waals surface area contributed by atoms with E-state index in [4.69, 9.17) is 9.84 Å². The zero-order valence-electron chi connectivity index (χ0n) is 13.7. The number of amides is 1. The maximum absolute atomic E-state index is 12.6. The van der Waals surface area contributed by atoms with Crippen LogP contribution in [-0.4, -0.2) is 52.7 Å². The summed E-state index contributed by atoms with van der Waals surface area (Å²) in [6.07, 6.45) is 3.40. The molecule has 1 aliphatic rings. The van der Waals surface area contributed by atoms with Crippen molar-refractivity contribution in [2.45, 2.75) is 37.8 Å². The minimum absolute atomic E-state index is 0.00466. The van der Waals surface area contributed by atoms with Gasteiger partial charge < -0.3 is 19.7 Å². The predicted molar refractivity (Wildman–Crippen MR) is 89.8 cm³/mol. The van der Waals surface area contributed by atoms with Crippen molar-refractivity contribution in [1.82, 2.24) is 9.88 Å². The first-order valence-electron chi connectivity index (χ1n) is 8.17. The van der Waals surface area contributed by atoms with Crippen molar-refractivity contribution in [2.75, 3.05) is 13.7 Å². The number of carboxylic acid groups (broad SMARTS) is 1. The molecule has 1 fully saturated rings. The number of rotatable bonds is 6. The molecule has 128 valence electrons. The minimum Gasteiger partial charge on any atom is -0.481 e. The zero-order chi connectivity index (χ0) is 17.1. The van der Waals surface area contributed by atoms with E-state index >= 15 is 0 Å². The number of likely N-dealkylation sites (tertiary alicyclic amines) is 1. The first kappa shape index (κ1) is 16.5. The van der Waals surface area contributed by atoms with Crippen LogP contribution in [0, 0.1) is 0 Å². The topological polar surface area (TPSA) is 82.6 Å². The van der Waals surface area contributed by atoms with E-state index in [0.717, 1.165) is 16.5 Å². The molecule has 2 aromatic rings. The van der Waals surface area contributed by atoms with Crippen molar-refractivity contribution >= 4 is 22.8 Å². The molecule has 24 heavy (non-hydrogen) atoms. The lowest BCUT2D eigenvalue weighted by Crippen LogP contribution is -2.37. The number of benzene rings is 1. The highest BCUT2D eigenvalue weighted by Gasteiger charge is 2.36. The molecule has 1 aliphatic heterocycles. The SMILES string of the molecule is COC1CC(CC(=O)O)N(C(=O)CCc2ccc3[nH]ccc3c2)C1. The van der Waals surface area contributed by atoms with Gasteiger partial charge in [-0.05, 0) is 42.0 Å². The second-order valence-corrected chi connectivity index (χ2v) is 6.29. The van der Waals surface area contributed by atoms with Crippen LogP contribution in [0.2, 0.25) is 0 Å². The van der Waals surface area contributed by atoms with Crippen LogP contribution in [0.4, 0.5) is 0 Å². The third-order valence-electron chi connectivity index (χ3n) is 4.69. The van der Waals surface area contributed by atoms with Crippen LogP contribution in [0.1, 0.15) is 24.8 Å². The number of carbonyl (C=O) groups is 2. The maximum atomic E-state index is 12.6. The number of aromatic nitrogens is 1. The summed E-state index contributed by atoms with van der Waals surface area (Å²) in [4.78, 5) is 28.4. The van der Waals surface area contributed by atoms with E-state index in [1.54, 1.807) is 12.0 Å². The molecule has 1 aromatic carbocycles. The number of carboxylic acids is 1. The van der Waals surface area contributed by atoms with Crippen molar-refractivity contribution in [3.05, 3.63) is 36.0 Å². The van der Waals surface area contributed by atoms with Gasteiger partial charge in [0, 0.05) is 37.8 Å². The van der Waals surface area contributed by atoms with Gasteiger partial charge in [-0.15, -0.1) is 0 Å². The molecule has 0 bridgehead atoms. The summed E-state index contributed by atoms with van der Waals surface area (Å²) in [6, 6.07) is 7.84.